The first-order valence-corrected chi connectivity index (χ1v) is 9.01. The maximum Gasteiger partial charge on any atom is 0.226 e. The summed E-state index contributed by atoms with van der Waals surface area (Å²) in [7, 11) is 0. The molecule has 122 valence electrons. The summed E-state index contributed by atoms with van der Waals surface area (Å²) in [5, 5.41) is 5.93. The van der Waals surface area contributed by atoms with E-state index in [9.17, 15) is 4.79 Å². The molecular formula is C18H22N2O2S. The van der Waals surface area contributed by atoms with Crippen LogP contribution in [-0.2, 0) is 11.2 Å². The first kappa shape index (κ1) is 16.0. The van der Waals surface area contributed by atoms with Crippen LogP contribution in [0.2, 0.25) is 0 Å². The summed E-state index contributed by atoms with van der Waals surface area (Å²) in [6.07, 6.45) is 2.80. The van der Waals surface area contributed by atoms with Crippen molar-refractivity contribution in [3.8, 4) is 16.3 Å². The number of carbonyl (C=O) groups is 1. The molecule has 1 aromatic carbocycles. The van der Waals surface area contributed by atoms with E-state index in [1.807, 2.05) is 36.6 Å². The van der Waals surface area contributed by atoms with Crippen LogP contribution in [0.15, 0.2) is 29.6 Å². The van der Waals surface area contributed by atoms with Crippen LogP contribution in [-0.4, -0.2) is 23.5 Å². The van der Waals surface area contributed by atoms with E-state index in [2.05, 4.69) is 17.2 Å². The van der Waals surface area contributed by atoms with Gasteiger partial charge in [0, 0.05) is 11.4 Å². The average Bonchev–Trinajstić information content (AvgIpc) is 3.29. The third-order valence-corrected chi connectivity index (χ3v) is 4.95. The second-order valence-electron chi connectivity index (χ2n) is 5.94. The van der Waals surface area contributed by atoms with E-state index < -0.39 is 0 Å². The van der Waals surface area contributed by atoms with Crippen LogP contribution >= 0.6 is 11.3 Å². The molecule has 1 atom stereocenters. The summed E-state index contributed by atoms with van der Waals surface area (Å²) in [5.41, 5.74) is 1.80. The number of para-hydroxylation sites is 1. The molecule has 1 aliphatic carbocycles. The van der Waals surface area contributed by atoms with Crippen molar-refractivity contribution in [3.05, 3.63) is 35.3 Å². The van der Waals surface area contributed by atoms with E-state index in [-0.39, 0.29) is 11.9 Å². The Labute approximate surface area is 140 Å². The number of ether oxygens (including phenoxy) is 1. The highest BCUT2D eigenvalue weighted by Gasteiger charge is 2.28. The van der Waals surface area contributed by atoms with Gasteiger partial charge in [0.05, 0.1) is 24.3 Å². The fraction of sp³-hybridized carbons (Fsp3) is 0.444. The van der Waals surface area contributed by atoms with Crippen molar-refractivity contribution in [2.75, 3.05) is 6.61 Å². The topological polar surface area (TPSA) is 51.2 Å². The maximum atomic E-state index is 12.1. The van der Waals surface area contributed by atoms with Crippen molar-refractivity contribution in [1.82, 2.24) is 10.3 Å². The van der Waals surface area contributed by atoms with Gasteiger partial charge < -0.3 is 10.1 Å². The summed E-state index contributed by atoms with van der Waals surface area (Å²) in [6.45, 7) is 4.67. The number of thiazole rings is 1. The van der Waals surface area contributed by atoms with Gasteiger partial charge in [0.25, 0.3) is 0 Å². The lowest BCUT2D eigenvalue weighted by atomic mass is 10.2. The second kappa shape index (κ2) is 7.13. The highest BCUT2D eigenvalue weighted by molar-refractivity contribution is 7.13. The first-order valence-electron chi connectivity index (χ1n) is 8.13. The summed E-state index contributed by atoms with van der Waals surface area (Å²) >= 11 is 1.55. The molecular weight excluding hydrogens is 308 g/mol. The van der Waals surface area contributed by atoms with Gasteiger partial charge in [-0.3, -0.25) is 4.79 Å². The Bertz CT molecular complexity index is 679. The molecule has 0 aliphatic heterocycles. The summed E-state index contributed by atoms with van der Waals surface area (Å²) in [6, 6.07) is 8.16. The van der Waals surface area contributed by atoms with E-state index in [4.69, 9.17) is 4.74 Å². The van der Waals surface area contributed by atoms with Crippen molar-refractivity contribution in [3.63, 3.8) is 0 Å². The van der Waals surface area contributed by atoms with E-state index in [1.165, 1.54) is 12.8 Å². The number of hydrogen-bond acceptors (Lipinski definition) is 4. The second-order valence-corrected chi connectivity index (χ2v) is 6.80. The van der Waals surface area contributed by atoms with Crippen molar-refractivity contribution in [2.45, 2.75) is 39.2 Å². The molecule has 1 amide bonds. The molecule has 0 saturated heterocycles. The molecule has 2 aromatic rings. The molecule has 1 unspecified atom stereocenters. The lowest BCUT2D eigenvalue weighted by Gasteiger charge is -2.11. The van der Waals surface area contributed by atoms with E-state index >= 15 is 0 Å². The van der Waals surface area contributed by atoms with Crippen molar-refractivity contribution in [1.29, 1.82) is 0 Å². The van der Waals surface area contributed by atoms with E-state index in [1.54, 1.807) is 11.3 Å². The lowest BCUT2D eigenvalue weighted by Crippen LogP contribution is -2.35. The number of nitrogens with one attached hydrogen (secondary N) is 1. The Kier molecular flexibility index (Phi) is 4.96. The standard InChI is InChI=1S/C18H22N2O2S/c1-3-22-16-7-5-4-6-15(16)18-20-14(11-23-18)10-17(21)19-12(2)13-8-9-13/h4-7,11-13H,3,8-10H2,1-2H3,(H,19,21). The molecule has 0 radical (unpaired) electrons. The fourth-order valence-corrected chi connectivity index (χ4v) is 3.47. The molecule has 1 heterocycles. The molecule has 23 heavy (non-hydrogen) atoms. The predicted octanol–water partition coefficient (Wildman–Crippen LogP) is 3.67. The largest absolute Gasteiger partial charge is 0.493 e. The van der Waals surface area contributed by atoms with Crippen molar-refractivity contribution in [2.24, 2.45) is 5.92 Å². The molecule has 0 spiro atoms. The zero-order valence-electron chi connectivity index (χ0n) is 13.5. The highest BCUT2D eigenvalue weighted by Crippen LogP contribution is 2.33. The van der Waals surface area contributed by atoms with Gasteiger partial charge in [0.2, 0.25) is 5.91 Å². The fourth-order valence-electron chi connectivity index (χ4n) is 2.62. The zero-order chi connectivity index (χ0) is 16.2. The van der Waals surface area contributed by atoms with Crippen LogP contribution in [0.1, 0.15) is 32.4 Å². The van der Waals surface area contributed by atoms with Gasteiger partial charge in [0.15, 0.2) is 0 Å². The number of amides is 1. The number of aromatic nitrogens is 1. The van der Waals surface area contributed by atoms with Gasteiger partial charge in [0.1, 0.15) is 10.8 Å². The molecule has 1 N–H and O–H groups in total. The normalized spacial score (nSPS) is 15.2. The number of carbonyl (C=O) groups excluding carboxylic acids is 1. The molecule has 4 nitrogen and oxygen atoms in total. The number of rotatable bonds is 7. The minimum Gasteiger partial charge on any atom is -0.493 e. The molecule has 3 rings (SSSR count). The summed E-state index contributed by atoms with van der Waals surface area (Å²) in [4.78, 5) is 16.7. The molecule has 1 fully saturated rings. The van der Waals surface area contributed by atoms with Crippen LogP contribution in [0.4, 0.5) is 0 Å². The average molecular weight is 330 g/mol. The molecule has 1 saturated carbocycles. The van der Waals surface area contributed by atoms with Crippen molar-refractivity contribution >= 4 is 17.2 Å². The van der Waals surface area contributed by atoms with Crippen LogP contribution in [0.5, 0.6) is 5.75 Å². The lowest BCUT2D eigenvalue weighted by molar-refractivity contribution is -0.121. The predicted molar refractivity (Wildman–Crippen MR) is 92.8 cm³/mol. The van der Waals surface area contributed by atoms with Crippen LogP contribution in [0, 0.1) is 5.92 Å². The number of benzene rings is 1. The summed E-state index contributed by atoms with van der Waals surface area (Å²) in [5.74, 6) is 1.56. The quantitative estimate of drug-likeness (QED) is 0.843. The van der Waals surface area contributed by atoms with Gasteiger partial charge in [-0.15, -0.1) is 11.3 Å². The number of hydrogen-bond donors (Lipinski definition) is 1. The first-order chi connectivity index (χ1) is 11.2. The van der Waals surface area contributed by atoms with Gasteiger partial charge in [-0.2, -0.15) is 0 Å². The minimum atomic E-state index is 0.0549. The van der Waals surface area contributed by atoms with Gasteiger partial charge in [-0.25, -0.2) is 4.98 Å². The molecule has 0 bridgehead atoms. The maximum absolute atomic E-state index is 12.1. The monoisotopic (exact) mass is 330 g/mol. The van der Waals surface area contributed by atoms with Crippen LogP contribution in [0.3, 0.4) is 0 Å². The van der Waals surface area contributed by atoms with E-state index in [0.717, 1.165) is 22.0 Å². The third-order valence-electron chi connectivity index (χ3n) is 4.03. The zero-order valence-corrected chi connectivity index (χ0v) is 14.4. The molecule has 1 aliphatic rings. The van der Waals surface area contributed by atoms with Crippen LogP contribution in [0.25, 0.3) is 10.6 Å². The Balaban J connectivity index is 1.67. The smallest absolute Gasteiger partial charge is 0.226 e. The molecule has 5 heteroatoms. The Morgan fingerprint density at radius 2 is 2.22 bits per heavy atom. The van der Waals surface area contributed by atoms with Gasteiger partial charge >= 0.3 is 0 Å². The Morgan fingerprint density at radius 1 is 1.43 bits per heavy atom. The minimum absolute atomic E-state index is 0.0549. The van der Waals surface area contributed by atoms with Gasteiger partial charge in [-0.1, -0.05) is 12.1 Å². The number of nitrogens with zero attached hydrogens (tertiary/aromatic N) is 1. The van der Waals surface area contributed by atoms with Crippen LogP contribution < -0.4 is 10.1 Å². The summed E-state index contributed by atoms with van der Waals surface area (Å²) < 4.78 is 5.66. The van der Waals surface area contributed by atoms with Gasteiger partial charge in [-0.05, 0) is 44.7 Å². The SMILES string of the molecule is CCOc1ccccc1-c1nc(CC(=O)NC(C)C2CC2)cs1. The Morgan fingerprint density at radius 3 is 2.96 bits per heavy atom. The van der Waals surface area contributed by atoms with E-state index in [0.29, 0.717) is 18.9 Å². The molecule has 1 aromatic heterocycles. The highest BCUT2D eigenvalue weighted by atomic mass is 32.1. The Hall–Kier alpha value is -1.88. The van der Waals surface area contributed by atoms with Crippen molar-refractivity contribution < 1.29 is 9.53 Å². The third kappa shape index (κ3) is 4.10.